The average molecular weight is 457 g/mol. The molecule has 3 heterocycles. The number of rotatable bonds is 6. The number of ketones is 1. The second-order valence-electron chi connectivity index (χ2n) is 8.52. The molecule has 1 aromatic carbocycles. The van der Waals surface area contributed by atoms with Crippen LogP contribution in [0.1, 0.15) is 35.0 Å². The zero-order chi connectivity index (χ0) is 23.7. The number of carbonyl (C=O) groups excluding carboxylic acids is 2. The van der Waals surface area contributed by atoms with Crippen molar-refractivity contribution in [3.8, 4) is 0 Å². The van der Waals surface area contributed by atoms with E-state index in [4.69, 9.17) is 4.74 Å². The van der Waals surface area contributed by atoms with Crippen LogP contribution in [0.2, 0.25) is 0 Å². The molecule has 1 N–H and O–H groups in total. The summed E-state index contributed by atoms with van der Waals surface area (Å²) in [4.78, 5) is 29.9. The number of benzene rings is 1. The van der Waals surface area contributed by atoms with Crippen molar-refractivity contribution in [1.82, 2.24) is 19.6 Å². The second-order valence-corrected chi connectivity index (χ2v) is 8.52. The van der Waals surface area contributed by atoms with Crippen LogP contribution in [0.5, 0.6) is 0 Å². The number of hydrogen-bond acceptors (Lipinski definition) is 6. The van der Waals surface area contributed by atoms with E-state index in [2.05, 4.69) is 10.00 Å². The van der Waals surface area contributed by atoms with Crippen LogP contribution in [0, 0.1) is 19.7 Å². The van der Waals surface area contributed by atoms with E-state index in [0.717, 1.165) is 19.6 Å². The lowest BCUT2D eigenvalue weighted by atomic mass is 9.94. The molecule has 1 aromatic heterocycles. The molecule has 2 fully saturated rings. The van der Waals surface area contributed by atoms with E-state index < -0.39 is 23.5 Å². The topological polar surface area (TPSA) is 87.9 Å². The van der Waals surface area contributed by atoms with Gasteiger partial charge >= 0.3 is 0 Å². The van der Waals surface area contributed by atoms with Crippen LogP contribution in [-0.2, 0) is 21.4 Å². The summed E-state index contributed by atoms with van der Waals surface area (Å²) in [6.45, 7) is 7.68. The number of halogens is 1. The fourth-order valence-corrected chi connectivity index (χ4v) is 4.64. The highest BCUT2D eigenvalue weighted by Crippen LogP contribution is 2.40. The number of aliphatic hydroxyl groups is 1. The van der Waals surface area contributed by atoms with E-state index in [1.165, 1.54) is 17.0 Å². The first-order valence-electron chi connectivity index (χ1n) is 11.1. The van der Waals surface area contributed by atoms with Gasteiger partial charge in [-0.2, -0.15) is 5.10 Å². The maximum absolute atomic E-state index is 13.6. The molecule has 0 bridgehead atoms. The van der Waals surface area contributed by atoms with Gasteiger partial charge in [-0.3, -0.25) is 19.2 Å². The Bertz CT molecular complexity index is 1090. The summed E-state index contributed by atoms with van der Waals surface area (Å²) >= 11 is 0. The monoisotopic (exact) mass is 456 g/mol. The summed E-state index contributed by atoms with van der Waals surface area (Å²) in [5.74, 6) is -2.06. The zero-order valence-electron chi connectivity index (χ0n) is 19.2. The van der Waals surface area contributed by atoms with Gasteiger partial charge in [0.05, 0.1) is 36.1 Å². The first-order chi connectivity index (χ1) is 15.8. The number of carbonyl (C=O) groups is 2. The Hall–Kier alpha value is -3.04. The molecule has 8 nitrogen and oxygen atoms in total. The highest BCUT2D eigenvalue weighted by atomic mass is 19.1. The smallest absolute Gasteiger partial charge is 0.295 e. The van der Waals surface area contributed by atoms with Crippen molar-refractivity contribution in [2.75, 3.05) is 39.4 Å². The summed E-state index contributed by atoms with van der Waals surface area (Å²) < 4.78 is 20.6. The predicted octanol–water partition coefficient (Wildman–Crippen LogP) is 2.32. The number of aryl methyl sites for hydroxylation is 2. The van der Waals surface area contributed by atoms with Crippen LogP contribution in [-0.4, -0.2) is 75.8 Å². The number of nitrogens with zero attached hydrogens (tertiary/aromatic N) is 4. The molecule has 176 valence electrons. The Morgan fingerprint density at radius 2 is 1.82 bits per heavy atom. The second kappa shape index (κ2) is 9.44. The fraction of sp³-hybridized carbons (Fsp3) is 0.458. The van der Waals surface area contributed by atoms with Crippen LogP contribution in [0.25, 0.3) is 5.76 Å². The maximum Gasteiger partial charge on any atom is 0.295 e. The molecule has 2 aromatic rings. The van der Waals surface area contributed by atoms with E-state index in [1.54, 1.807) is 37.7 Å². The molecule has 2 saturated heterocycles. The zero-order valence-corrected chi connectivity index (χ0v) is 19.2. The number of aromatic nitrogens is 2. The van der Waals surface area contributed by atoms with Gasteiger partial charge in [-0.05, 0) is 38.0 Å². The van der Waals surface area contributed by atoms with Gasteiger partial charge in [0.1, 0.15) is 11.6 Å². The average Bonchev–Trinajstić information content (AvgIpc) is 3.20. The molecule has 0 aliphatic carbocycles. The number of aliphatic hydroxyl groups excluding tert-OH is 1. The fourth-order valence-electron chi connectivity index (χ4n) is 4.64. The first kappa shape index (κ1) is 23.1. The van der Waals surface area contributed by atoms with Gasteiger partial charge in [0, 0.05) is 38.9 Å². The SMILES string of the molecule is Cc1nn(C)c(C)c1C(O)=C1C(=O)C(=O)N(CCCN2CCOCC2)[C@H]1c1ccc(F)cc1. The minimum atomic E-state index is -0.797. The number of ether oxygens (including phenoxy) is 1. The molecule has 0 unspecified atom stereocenters. The van der Waals surface area contributed by atoms with E-state index in [1.807, 2.05) is 0 Å². The lowest BCUT2D eigenvalue weighted by Gasteiger charge is -2.29. The lowest BCUT2D eigenvalue weighted by molar-refractivity contribution is -0.140. The molecule has 9 heteroatoms. The van der Waals surface area contributed by atoms with Crippen molar-refractivity contribution in [3.63, 3.8) is 0 Å². The summed E-state index contributed by atoms with van der Waals surface area (Å²) in [6.07, 6.45) is 0.662. The van der Waals surface area contributed by atoms with Crippen molar-refractivity contribution < 1.29 is 23.8 Å². The quantitative estimate of drug-likeness (QED) is 0.408. The molecule has 0 radical (unpaired) electrons. The summed E-state index contributed by atoms with van der Waals surface area (Å²) in [5.41, 5.74) is 2.26. The van der Waals surface area contributed by atoms with Gasteiger partial charge in [0.2, 0.25) is 0 Å². The maximum atomic E-state index is 13.6. The van der Waals surface area contributed by atoms with Gasteiger partial charge in [-0.1, -0.05) is 12.1 Å². The standard InChI is InChI=1S/C24H29FN4O4/c1-15-19(16(2)27(3)26-15)22(30)20-21(17-5-7-18(25)8-6-17)29(24(32)23(20)31)10-4-9-28-11-13-33-14-12-28/h5-8,21,30H,4,9-14H2,1-3H3/t21-/m0/s1. The summed E-state index contributed by atoms with van der Waals surface area (Å²) in [6, 6.07) is 4.90. The van der Waals surface area contributed by atoms with Gasteiger partial charge in [-0.15, -0.1) is 0 Å². The largest absolute Gasteiger partial charge is 0.507 e. The van der Waals surface area contributed by atoms with Crippen LogP contribution in [0.4, 0.5) is 4.39 Å². The molecular weight excluding hydrogens is 427 g/mol. The Balaban J connectivity index is 1.71. The molecule has 0 spiro atoms. The molecular formula is C24H29FN4O4. The first-order valence-corrected chi connectivity index (χ1v) is 11.1. The minimum absolute atomic E-state index is 0.0113. The third-order valence-corrected chi connectivity index (χ3v) is 6.45. The Labute approximate surface area is 192 Å². The van der Waals surface area contributed by atoms with Crippen LogP contribution < -0.4 is 0 Å². The van der Waals surface area contributed by atoms with E-state index in [0.29, 0.717) is 48.7 Å². The Morgan fingerprint density at radius 1 is 1.15 bits per heavy atom. The molecule has 33 heavy (non-hydrogen) atoms. The molecule has 2 aliphatic rings. The number of amides is 1. The number of hydrogen-bond donors (Lipinski definition) is 1. The lowest BCUT2D eigenvalue weighted by Crippen LogP contribution is -2.38. The molecule has 0 saturated carbocycles. The summed E-state index contributed by atoms with van der Waals surface area (Å²) in [5, 5.41) is 15.6. The van der Waals surface area contributed by atoms with E-state index in [-0.39, 0.29) is 11.3 Å². The Morgan fingerprint density at radius 3 is 2.42 bits per heavy atom. The van der Waals surface area contributed by atoms with Crippen molar-refractivity contribution >= 4 is 17.4 Å². The van der Waals surface area contributed by atoms with Crippen LogP contribution in [0.15, 0.2) is 29.8 Å². The van der Waals surface area contributed by atoms with Gasteiger partial charge in [-0.25, -0.2) is 4.39 Å². The third kappa shape index (κ3) is 4.43. The molecule has 2 aliphatic heterocycles. The van der Waals surface area contributed by atoms with Gasteiger partial charge < -0.3 is 14.7 Å². The Kier molecular flexibility index (Phi) is 6.62. The highest BCUT2D eigenvalue weighted by molar-refractivity contribution is 6.46. The predicted molar refractivity (Wildman–Crippen MR) is 120 cm³/mol. The summed E-state index contributed by atoms with van der Waals surface area (Å²) in [7, 11) is 1.75. The van der Waals surface area contributed by atoms with Crippen molar-refractivity contribution in [2.45, 2.75) is 26.3 Å². The third-order valence-electron chi connectivity index (χ3n) is 6.45. The molecule has 1 atom stereocenters. The van der Waals surface area contributed by atoms with Crippen LogP contribution in [0.3, 0.4) is 0 Å². The van der Waals surface area contributed by atoms with Crippen molar-refractivity contribution in [3.05, 3.63) is 58.2 Å². The normalized spacial score (nSPS) is 21.2. The van der Waals surface area contributed by atoms with E-state index >= 15 is 0 Å². The number of Topliss-reactive ketones (excluding diaryl/α,β-unsaturated/α-hetero) is 1. The van der Waals surface area contributed by atoms with Crippen molar-refractivity contribution in [2.24, 2.45) is 7.05 Å². The van der Waals surface area contributed by atoms with Crippen LogP contribution >= 0.6 is 0 Å². The number of likely N-dealkylation sites (tertiary alicyclic amines) is 1. The molecule has 4 rings (SSSR count). The van der Waals surface area contributed by atoms with Gasteiger partial charge in [0.25, 0.3) is 11.7 Å². The number of morpholine rings is 1. The highest BCUT2D eigenvalue weighted by Gasteiger charge is 2.46. The van der Waals surface area contributed by atoms with Gasteiger partial charge in [0.15, 0.2) is 0 Å². The van der Waals surface area contributed by atoms with Crippen molar-refractivity contribution in [1.29, 1.82) is 0 Å². The molecule has 1 amide bonds. The van der Waals surface area contributed by atoms with E-state index in [9.17, 15) is 19.1 Å². The minimum Gasteiger partial charge on any atom is -0.507 e.